The summed E-state index contributed by atoms with van der Waals surface area (Å²) in [5.74, 6) is -1.11. The van der Waals surface area contributed by atoms with Crippen molar-refractivity contribution >= 4 is 12.1 Å². The number of hydrogen-bond donors (Lipinski definition) is 1. The molecule has 0 spiro atoms. The van der Waals surface area contributed by atoms with Gasteiger partial charge in [-0.15, -0.1) is 0 Å². The third kappa shape index (κ3) is 2.38. The van der Waals surface area contributed by atoms with Gasteiger partial charge in [-0.3, -0.25) is 4.90 Å². The number of aryl methyl sites for hydroxylation is 1. The number of cyclic esters (lactones) is 1. The van der Waals surface area contributed by atoms with Crippen LogP contribution in [0.3, 0.4) is 0 Å². The fraction of sp³-hybridized carbons (Fsp3) is 0.333. The van der Waals surface area contributed by atoms with Crippen LogP contribution in [-0.4, -0.2) is 34.7 Å². The van der Waals surface area contributed by atoms with Gasteiger partial charge in [-0.1, -0.05) is 24.3 Å². The molecule has 0 bridgehead atoms. The SMILES string of the molecule is Cc1ccccc1CN1C[C@H](C(=O)O)OC1=O. The summed E-state index contributed by atoms with van der Waals surface area (Å²) in [5, 5.41) is 8.77. The average molecular weight is 235 g/mol. The first-order valence-electron chi connectivity index (χ1n) is 5.31. The van der Waals surface area contributed by atoms with E-state index < -0.39 is 18.2 Å². The Labute approximate surface area is 98.6 Å². The number of carboxylic acid groups (broad SMARTS) is 1. The zero-order valence-corrected chi connectivity index (χ0v) is 9.42. The van der Waals surface area contributed by atoms with Crippen LogP contribution in [0.25, 0.3) is 0 Å². The van der Waals surface area contributed by atoms with Crippen molar-refractivity contribution < 1.29 is 19.4 Å². The maximum Gasteiger partial charge on any atom is 0.411 e. The fourth-order valence-electron chi connectivity index (χ4n) is 1.76. The number of benzene rings is 1. The maximum absolute atomic E-state index is 11.4. The first-order chi connectivity index (χ1) is 8.08. The molecular weight excluding hydrogens is 222 g/mol. The van der Waals surface area contributed by atoms with E-state index in [9.17, 15) is 9.59 Å². The van der Waals surface area contributed by atoms with Crippen LogP contribution in [0.1, 0.15) is 11.1 Å². The second-order valence-electron chi connectivity index (χ2n) is 4.02. The molecule has 0 aromatic heterocycles. The van der Waals surface area contributed by atoms with Gasteiger partial charge in [0, 0.05) is 6.54 Å². The summed E-state index contributed by atoms with van der Waals surface area (Å²) in [7, 11) is 0. The Kier molecular flexibility index (Phi) is 2.99. The van der Waals surface area contributed by atoms with Crippen LogP contribution in [-0.2, 0) is 16.1 Å². The average Bonchev–Trinajstić information content (AvgIpc) is 2.64. The van der Waals surface area contributed by atoms with Crippen LogP contribution in [0.2, 0.25) is 0 Å². The van der Waals surface area contributed by atoms with E-state index in [1.807, 2.05) is 31.2 Å². The second kappa shape index (κ2) is 4.45. The van der Waals surface area contributed by atoms with Gasteiger partial charge in [0.25, 0.3) is 0 Å². The molecule has 1 heterocycles. The Hall–Kier alpha value is -2.04. The molecule has 0 saturated carbocycles. The Morgan fingerprint density at radius 3 is 2.82 bits per heavy atom. The fourth-order valence-corrected chi connectivity index (χ4v) is 1.76. The summed E-state index contributed by atoms with van der Waals surface area (Å²) >= 11 is 0. The topological polar surface area (TPSA) is 66.8 Å². The predicted molar refractivity (Wildman–Crippen MR) is 59.5 cm³/mol. The van der Waals surface area contributed by atoms with E-state index in [1.54, 1.807) is 0 Å². The molecule has 5 heteroatoms. The van der Waals surface area contributed by atoms with Gasteiger partial charge in [-0.2, -0.15) is 0 Å². The second-order valence-corrected chi connectivity index (χ2v) is 4.02. The molecule has 1 N–H and O–H groups in total. The van der Waals surface area contributed by atoms with Crippen molar-refractivity contribution in [2.75, 3.05) is 6.54 Å². The van der Waals surface area contributed by atoms with Crippen molar-refractivity contribution in [3.8, 4) is 0 Å². The molecule has 1 fully saturated rings. The normalized spacial score (nSPS) is 19.2. The first-order valence-corrected chi connectivity index (χ1v) is 5.31. The molecule has 17 heavy (non-hydrogen) atoms. The lowest BCUT2D eigenvalue weighted by Gasteiger charge is -2.14. The minimum atomic E-state index is -1.11. The maximum atomic E-state index is 11.4. The number of carbonyl (C=O) groups is 2. The minimum absolute atomic E-state index is 0.0997. The van der Waals surface area contributed by atoms with Crippen LogP contribution in [0.4, 0.5) is 4.79 Å². The van der Waals surface area contributed by atoms with Crippen LogP contribution in [0.15, 0.2) is 24.3 Å². The van der Waals surface area contributed by atoms with Gasteiger partial charge in [0.2, 0.25) is 6.10 Å². The third-order valence-electron chi connectivity index (χ3n) is 2.79. The number of carbonyl (C=O) groups excluding carboxylic acids is 1. The van der Waals surface area contributed by atoms with E-state index in [2.05, 4.69) is 0 Å². The van der Waals surface area contributed by atoms with Crippen LogP contribution in [0.5, 0.6) is 0 Å². The van der Waals surface area contributed by atoms with Gasteiger partial charge in [0.15, 0.2) is 0 Å². The summed E-state index contributed by atoms with van der Waals surface area (Å²) in [4.78, 5) is 23.6. The van der Waals surface area contributed by atoms with E-state index in [-0.39, 0.29) is 6.54 Å². The third-order valence-corrected chi connectivity index (χ3v) is 2.79. The highest BCUT2D eigenvalue weighted by Crippen LogP contribution is 2.17. The summed E-state index contributed by atoms with van der Waals surface area (Å²) in [6.07, 6.45) is -1.62. The number of aliphatic carboxylic acids is 1. The molecule has 1 aliphatic rings. The van der Waals surface area contributed by atoms with Gasteiger partial charge < -0.3 is 9.84 Å². The van der Waals surface area contributed by atoms with Gasteiger partial charge in [0.05, 0.1) is 6.54 Å². The number of hydrogen-bond acceptors (Lipinski definition) is 3. The summed E-state index contributed by atoms with van der Waals surface area (Å²) in [6.45, 7) is 2.43. The lowest BCUT2D eigenvalue weighted by atomic mass is 10.1. The van der Waals surface area contributed by atoms with Gasteiger partial charge in [0.1, 0.15) is 0 Å². The Balaban J connectivity index is 2.08. The summed E-state index contributed by atoms with van der Waals surface area (Å²) in [6, 6.07) is 7.67. The summed E-state index contributed by atoms with van der Waals surface area (Å²) in [5.41, 5.74) is 2.06. The number of nitrogens with zero attached hydrogens (tertiary/aromatic N) is 1. The lowest BCUT2D eigenvalue weighted by molar-refractivity contribution is -0.144. The molecule has 1 amide bonds. The first kappa shape index (κ1) is 11.4. The molecule has 2 rings (SSSR count). The van der Waals surface area contributed by atoms with Crippen molar-refractivity contribution in [1.82, 2.24) is 4.90 Å². The van der Waals surface area contributed by atoms with Gasteiger partial charge >= 0.3 is 12.1 Å². The molecule has 0 aliphatic carbocycles. The van der Waals surface area contributed by atoms with E-state index in [4.69, 9.17) is 9.84 Å². The quantitative estimate of drug-likeness (QED) is 0.859. The van der Waals surface area contributed by atoms with E-state index in [0.29, 0.717) is 6.54 Å². The summed E-state index contributed by atoms with van der Waals surface area (Å²) < 4.78 is 4.73. The van der Waals surface area contributed by atoms with Gasteiger partial charge in [-0.25, -0.2) is 9.59 Å². The monoisotopic (exact) mass is 235 g/mol. The zero-order chi connectivity index (χ0) is 12.4. The molecule has 1 aromatic carbocycles. The molecule has 1 aromatic rings. The number of ether oxygens (including phenoxy) is 1. The van der Waals surface area contributed by atoms with Crippen molar-refractivity contribution in [1.29, 1.82) is 0 Å². The van der Waals surface area contributed by atoms with Crippen LogP contribution < -0.4 is 0 Å². The largest absolute Gasteiger partial charge is 0.478 e. The molecule has 1 aliphatic heterocycles. The van der Waals surface area contributed by atoms with Crippen LogP contribution in [0, 0.1) is 6.92 Å². The Morgan fingerprint density at radius 1 is 1.53 bits per heavy atom. The zero-order valence-electron chi connectivity index (χ0n) is 9.42. The van der Waals surface area contributed by atoms with Crippen LogP contribution >= 0.6 is 0 Å². The molecule has 0 unspecified atom stereocenters. The predicted octanol–water partition coefficient (Wildman–Crippen LogP) is 1.40. The minimum Gasteiger partial charge on any atom is -0.478 e. The molecule has 1 saturated heterocycles. The highest BCUT2D eigenvalue weighted by atomic mass is 16.6. The molecule has 90 valence electrons. The Bertz CT molecular complexity index is 458. The Morgan fingerprint density at radius 2 is 2.24 bits per heavy atom. The number of carboxylic acids is 1. The molecular formula is C12H13NO4. The standard InChI is InChI=1S/C12H13NO4/c1-8-4-2-3-5-9(8)6-13-7-10(11(14)15)17-12(13)16/h2-5,10H,6-7H2,1H3,(H,14,15)/t10-/m1/s1. The van der Waals surface area contributed by atoms with Crippen molar-refractivity contribution in [3.05, 3.63) is 35.4 Å². The highest BCUT2D eigenvalue weighted by Gasteiger charge is 2.35. The van der Waals surface area contributed by atoms with E-state index in [0.717, 1.165) is 11.1 Å². The van der Waals surface area contributed by atoms with E-state index in [1.165, 1.54) is 4.90 Å². The molecule has 5 nitrogen and oxygen atoms in total. The number of rotatable bonds is 3. The van der Waals surface area contributed by atoms with Gasteiger partial charge in [-0.05, 0) is 18.1 Å². The molecule has 1 atom stereocenters. The lowest BCUT2D eigenvalue weighted by Crippen LogP contribution is -2.27. The van der Waals surface area contributed by atoms with Crippen molar-refractivity contribution in [2.24, 2.45) is 0 Å². The van der Waals surface area contributed by atoms with Crippen molar-refractivity contribution in [3.63, 3.8) is 0 Å². The smallest absolute Gasteiger partial charge is 0.411 e. The molecule has 0 radical (unpaired) electrons. The van der Waals surface area contributed by atoms with Crippen molar-refractivity contribution in [2.45, 2.75) is 19.6 Å². The van der Waals surface area contributed by atoms with E-state index >= 15 is 0 Å². The number of amides is 1. The highest BCUT2D eigenvalue weighted by molar-refractivity contribution is 5.81.